The Morgan fingerprint density at radius 1 is 1.21 bits per heavy atom. The van der Waals surface area contributed by atoms with Crippen molar-refractivity contribution in [1.29, 1.82) is 0 Å². The third-order valence-corrected chi connectivity index (χ3v) is 7.84. The standard InChI is InChI=1S/C20H25NO5S2/c1-15-11-16(2)13-18(12-15)25-8-9-26-20(22)17-5-3-7-21(14-17)28(23,24)19-6-4-10-27-19/h4,6,10-13,17H,3,5,7-9,14H2,1-2H3/t17-/m0/s1. The minimum atomic E-state index is -3.54. The summed E-state index contributed by atoms with van der Waals surface area (Å²) in [5, 5.41) is 1.73. The first-order chi connectivity index (χ1) is 13.4. The van der Waals surface area contributed by atoms with Crippen molar-refractivity contribution in [1.82, 2.24) is 4.31 Å². The molecule has 0 aliphatic carbocycles. The molecule has 28 heavy (non-hydrogen) atoms. The van der Waals surface area contributed by atoms with E-state index in [9.17, 15) is 13.2 Å². The highest BCUT2D eigenvalue weighted by Gasteiger charge is 2.34. The molecule has 0 unspecified atom stereocenters. The zero-order valence-corrected chi connectivity index (χ0v) is 17.7. The molecule has 3 rings (SSSR count). The molecule has 1 saturated heterocycles. The molecule has 2 heterocycles. The van der Waals surface area contributed by atoms with Crippen LogP contribution in [0.15, 0.2) is 39.9 Å². The second-order valence-corrected chi connectivity index (χ2v) is 10.1. The van der Waals surface area contributed by atoms with Crippen LogP contribution in [0.5, 0.6) is 5.75 Å². The van der Waals surface area contributed by atoms with Gasteiger partial charge in [0.05, 0.1) is 5.92 Å². The maximum Gasteiger partial charge on any atom is 0.310 e. The van der Waals surface area contributed by atoms with E-state index in [1.54, 1.807) is 17.5 Å². The number of carbonyl (C=O) groups is 1. The van der Waals surface area contributed by atoms with E-state index in [4.69, 9.17) is 9.47 Å². The fourth-order valence-corrected chi connectivity index (χ4v) is 5.99. The molecule has 152 valence electrons. The van der Waals surface area contributed by atoms with E-state index in [2.05, 4.69) is 6.07 Å². The third kappa shape index (κ3) is 5.12. The lowest BCUT2D eigenvalue weighted by Crippen LogP contribution is -2.42. The number of rotatable bonds is 7. The highest BCUT2D eigenvalue weighted by atomic mass is 32.2. The summed E-state index contributed by atoms with van der Waals surface area (Å²) < 4.78 is 38.0. The molecule has 0 radical (unpaired) electrons. The van der Waals surface area contributed by atoms with Crippen molar-refractivity contribution in [2.24, 2.45) is 5.92 Å². The summed E-state index contributed by atoms with van der Waals surface area (Å²) in [4.78, 5) is 12.4. The Bertz CT molecular complexity index is 888. The van der Waals surface area contributed by atoms with Gasteiger partial charge in [0.1, 0.15) is 23.2 Å². The quantitative estimate of drug-likeness (QED) is 0.504. The number of aryl methyl sites for hydroxylation is 2. The van der Waals surface area contributed by atoms with Crippen molar-refractivity contribution in [3.05, 3.63) is 46.8 Å². The monoisotopic (exact) mass is 423 g/mol. The van der Waals surface area contributed by atoms with Crippen molar-refractivity contribution in [2.75, 3.05) is 26.3 Å². The predicted molar refractivity (Wildman–Crippen MR) is 108 cm³/mol. The maximum absolute atomic E-state index is 12.7. The molecule has 0 bridgehead atoms. The van der Waals surface area contributed by atoms with Gasteiger partial charge >= 0.3 is 5.97 Å². The number of carbonyl (C=O) groups excluding carboxylic acids is 1. The Morgan fingerprint density at radius 3 is 2.64 bits per heavy atom. The topological polar surface area (TPSA) is 72.9 Å². The number of ether oxygens (including phenoxy) is 2. The lowest BCUT2D eigenvalue weighted by molar-refractivity contribution is -0.150. The maximum atomic E-state index is 12.7. The summed E-state index contributed by atoms with van der Waals surface area (Å²) in [7, 11) is -3.54. The molecular formula is C20H25NO5S2. The number of hydrogen-bond donors (Lipinski definition) is 0. The van der Waals surface area contributed by atoms with Crippen LogP contribution < -0.4 is 4.74 Å². The number of benzene rings is 1. The van der Waals surface area contributed by atoms with E-state index in [0.717, 1.165) is 16.9 Å². The fraction of sp³-hybridized carbons (Fsp3) is 0.450. The van der Waals surface area contributed by atoms with Gasteiger partial charge < -0.3 is 9.47 Å². The first-order valence-corrected chi connectivity index (χ1v) is 11.6. The van der Waals surface area contributed by atoms with Crippen LogP contribution in [0.25, 0.3) is 0 Å². The smallest absolute Gasteiger partial charge is 0.310 e. The summed E-state index contributed by atoms with van der Waals surface area (Å²) >= 11 is 1.19. The van der Waals surface area contributed by atoms with Crippen LogP contribution in [0.2, 0.25) is 0 Å². The van der Waals surface area contributed by atoms with Gasteiger partial charge in [-0.05, 0) is 61.4 Å². The second-order valence-electron chi connectivity index (χ2n) is 6.97. The van der Waals surface area contributed by atoms with E-state index >= 15 is 0 Å². The highest BCUT2D eigenvalue weighted by Crippen LogP contribution is 2.27. The van der Waals surface area contributed by atoms with Crippen molar-refractivity contribution < 1.29 is 22.7 Å². The van der Waals surface area contributed by atoms with Gasteiger partial charge in [0.2, 0.25) is 0 Å². The molecule has 1 aliphatic rings. The summed E-state index contributed by atoms with van der Waals surface area (Å²) in [5.41, 5.74) is 2.22. The van der Waals surface area contributed by atoms with E-state index < -0.39 is 15.9 Å². The molecule has 2 aromatic rings. The van der Waals surface area contributed by atoms with Crippen molar-refractivity contribution in [3.63, 3.8) is 0 Å². The van der Waals surface area contributed by atoms with Crippen LogP contribution in [-0.4, -0.2) is 45.0 Å². The molecule has 1 aliphatic heterocycles. The molecule has 1 aromatic carbocycles. The number of sulfonamides is 1. The summed E-state index contributed by atoms with van der Waals surface area (Å²) in [6, 6.07) is 9.23. The van der Waals surface area contributed by atoms with Crippen molar-refractivity contribution in [2.45, 2.75) is 30.9 Å². The number of nitrogens with zero attached hydrogens (tertiary/aromatic N) is 1. The Hall–Kier alpha value is -1.90. The van der Waals surface area contributed by atoms with Gasteiger partial charge in [-0.3, -0.25) is 4.79 Å². The molecule has 1 aromatic heterocycles. The first-order valence-electron chi connectivity index (χ1n) is 9.27. The van der Waals surface area contributed by atoms with Crippen LogP contribution in [-0.2, 0) is 19.6 Å². The van der Waals surface area contributed by atoms with Gasteiger partial charge in [-0.15, -0.1) is 11.3 Å². The van der Waals surface area contributed by atoms with Crippen LogP contribution in [0, 0.1) is 19.8 Å². The normalized spacial score (nSPS) is 18.0. The van der Waals surface area contributed by atoms with E-state index in [0.29, 0.717) is 23.6 Å². The van der Waals surface area contributed by atoms with Gasteiger partial charge in [0.15, 0.2) is 0 Å². The molecular weight excluding hydrogens is 398 g/mol. The SMILES string of the molecule is Cc1cc(C)cc(OCCOC(=O)[C@H]2CCCN(S(=O)(=O)c3cccs3)C2)c1. The van der Waals surface area contributed by atoms with Gasteiger partial charge in [0.25, 0.3) is 10.0 Å². The Morgan fingerprint density at radius 2 is 1.96 bits per heavy atom. The fourth-order valence-electron chi connectivity index (χ4n) is 3.33. The van der Waals surface area contributed by atoms with Crippen molar-refractivity contribution >= 4 is 27.3 Å². The highest BCUT2D eigenvalue weighted by molar-refractivity contribution is 7.91. The van der Waals surface area contributed by atoms with Gasteiger partial charge in [-0.2, -0.15) is 4.31 Å². The van der Waals surface area contributed by atoms with Crippen LogP contribution in [0.3, 0.4) is 0 Å². The van der Waals surface area contributed by atoms with E-state index in [1.165, 1.54) is 15.6 Å². The van der Waals surface area contributed by atoms with Gasteiger partial charge in [-0.1, -0.05) is 12.1 Å². The Balaban J connectivity index is 1.49. The minimum absolute atomic E-state index is 0.139. The lowest BCUT2D eigenvalue weighted by Gasteiger charge is -2.30. The number of thiophene rings is 1. The molecule has 1 fully saturated rings. The van der Waals surface area contributed by atoms with Crippen LogP contribution >= 0.6 is 11.3 Å². The molecule has 0 N–H and O–H groups in total. The summed E-state index contributed by atoms with van der Waals surface area (Å²) in [5.74, 6) is -0.0563. The lowest BCUT2D eigenvalue weighted by atomic mass is 10.0. The van der Waals surface area contributed by atoms with E-state index in [-0.39, 0.29) is 25.7 Å². The van der Waals surface area contributed by atoms with Crippen LogP contribution in [0.1, 0.15) is 24.0 Å². The molecule has 6 nitrogen and oxygen atoms in total. The molecule has 1 atom stereocenters. The zero-order valence-electron chi connectivity index (χ0n) is 16.1. The average molecular weight is 424 g/mol. The largest absolute Gasteiger partial charge is 0.490 e. The summed E-state index contributed by atoms with van der Waals surface area (Å²) in [6.07, 6.45) is 1.27. The number of hydrogen-bond acceptors (Lipinski definition) is 6. The Kier molecular flexibility index (Phi) is 6.74. The second kappa shape index (κ2) is 9.07. The Labute approximate surface area is 170 Å². The first kappa shape index (κ1) is 20.8. The predicted octanol–water partition coefficient (Wildman–Crippen LogP) is 3.39. The van der Waals surface area contributed by atoms with Gasteiger partial charge in [-0.25, -0.2) is 8.42 Å². The number of esters is 1. The average Bonchev–Trinajstić information content (AvgIpc) is 3.20. The molecule has 8 heteroatoms. The zero-order chi connectivity index (χ0) is 20.1. The third-order valence-electron chi connectivity index (χ3n) is 4.60. The molecule has 0 saturated carbocycles. The molecule has 0 spiro atoms. The van der Waals surface area contributed by atoms with E-state index in [1.807, 2.05) is 26.0 Å². The van der Waals surface area contributed by atoms with Crippen molar-refractivity contribution in [3.8, 4) is 5.75 Å². The number of piperidine rings is 1. The molecule has 0 amide bonds. The van der Waals surface area contributed by atoms with Crippen LogP contribution in [0.4, 0.5) is 0 Å². The minimum Gasteiger partial charge on any atom is -0.490 e. The summed E-state index contributed by atoms with van der Waals surface area (Å²) in [6.45, 7) is 4.99. The van der Waals surface area contributed by atoms with Gasteiger partial charge in [0, 0.05) is 13.1 Å².